The molecule has 0 spiro atoms. The first-order valence-corrected chi connectivity index (χ1v) is 5.19. The van der Waals surface area contributed by atoms with Gasteiger partial charge in [-0.2, -0.15) is 13.2 Å². The van der Waals surface area contributed by atoms with Crippen molar-refractivity contribution in [2.75, 3.05) is 6.61 Å². The lowest BCUT2D eigenvalue weighted by atomic mass is 10.1. The summed E-state index contributed by atoms with van der Waals surface area (Å²) in [6, 6.07) is 7.61. The van der Waals surface area contributed by atoms with Gasteiger partial charge in [0.25, 0.3) is 0 Å². The van der Waals surface area contributed by atoms with Gasteiger partial charge in [-0.15, -0.1) is 0 Å². The minimum Gasteiger partial charge on any atom is -0.477 e. The fourth-order valence-electron chi connectivity index (χ4n) is 1.54. The Balaban J connectivity index is 2.47. The molecule has 2 aromatic rings. The summed E-state index contributed by atoms with van der Waals surface area (Å²) in [5, 5.41) is 9.64. The number of hydrogen-bond acceptors (Lipinski definition) is 3. The first-order valence-electron chi connectivity index (χ1n) is 5.19. The lowest BCUT2D eigenvalue weighted by Gasteiger charge is -2.11. The second kappa shape index (κ2) is 4.75. The van der Waals surface area contributed by atoms with Crippen LogP contribution >= 0.6 is 0 Å². The van der Waals surface area contributed by atoms with Crippen molar-refractivity contribution in [3.63, 3.8) is 0 Å². The number of aromatic carboxylic acids is 1. The third-order valence-electron chi connectivity index (χ3n) is 2.30. The number of pyridine rings is 1. The highest BCUT2D eigenvalue weighted by Gasteiger charge is 2.29. The van der Waals surface area contributed by atoms with Crippen molar-refractivity contribution in [1.29, 1.82) is 0 Å². The zero-order valence-corrected chi connectivity index (χ0v) is 9.44. The molecule has 0 fully saturated rings. The van der Waals surface area contributed by atoms with Gasteiger partial charge in [0, 0.05) is 5.39 Å². The number of hydrogen-bond donors (Lipinski definition) is 1. The van der Waals surface area contributed by atoms with E-state index in [-0.39, 0.29) is 11.6 Å². The van der Waals surface area contributed by atoms with Crippen LogP contribution < -0.4 is 4.74 Å². The quantitative estimate of drug-likeness (QED) is 0.932. The normalized spacial score (nSPS) is 11.5. The van der Waals surface area contributed by atoms with Crippen molar-refractivity contribution in [1.82, 2.24) is 4.98 Å². The van der Waals surface area contributed by atoms with E-state index in [0.717, 1.165) is 0 Å². The Bertz CT molecular complexity index is 625. The van der Waals surface area contributed by atoms with Crippen LogP contribution in [0.15, 0.2) is 30.3 Å². The smallest absolute Gasteiger partial charge is 0.422 e. The summed E-state index contributed by atoms with van der Waals surface area (Å²) in [4.78, 5) is 14.4. The minimum atomic E-state index is -4.51. The van der Waals surface area contributed by atoms with Crippen LogP contribution in [0.3, 0.4) is 0 Å². The summed E-state index contributed by atoms with van der Waals surface area (Å²) in [5.74, 6) is -1.67. The molecule has 2 rings (SSSR count). The highest BCUT2D eigenvalue weighted by atomic mass is 19.4. The highest BCUT2D eigenvalue weighted by molar-refractivity contribution is 5.94. The van der Waals surface area contributed by atoms with Gasteiger partial charge in [0.15, 0.2) is 12.3 Å². The third-order valence-corrected chi connectivity index (χ3v) is 2.30. The summed E-state index contributed by atoms with van der Waals surface area (Å²) >= 11 is 0. The van der Waals surface area contributed by atoms with E-state index in [4.69, 9.17) is 5.11 Å². The molecule has 4 nitrogen and oxygen atoms in total. The maximum atomic E-state index is 12.1. The van der Waals surface area contributed by atoms with Crippen LogP contribution in [0.25, 0.3) is 10.8 Å². The van der Waals surface area contributed by atoms with E-state index in [1.807, 2.05) is 0 Å². The second-order valence-electron chi connectivity index (χ2n) is 3.74. The van der Waals surface area contributed by atoms with E-state index in [2.05, 4.69) is 9.72 Å². The van der Waals surface area contributed by atoms with Crippen molar-refractivity contribution in [2.24, 2.45) is 0 Å². The zero-order valence-electron chi connectivity index (χ0n) is 9.44. The lowest BCUT2D eigenvalue weighted by molar-refractivity contribution is -0.153. The minimum absolute atomic E-state index is 0.330. The van der Waals surface area contributed by atoms with Gasteiger partial charge < -0.3 is 9.84 Å². The first-order chi connectivity index (χ1) is 8.87. The molecule has 0 radical (unpaired) electrons. The highest BCUT2D eigenvalue weighted by Crippen LogP contribution is 2.26. The number of aromatic nitrogens is 1. The number of carboxylic acid groups (broad SMARTS) is 1. The predicted molar refractivity (Wildman–Crippen MR) is 60.3 cm³/mol. The number of carbonyl (C=O) groups is 1. The maximum Gasteiger partial charge on any atom is 0.422 e. The van der Waals surface area contributed by atoms with Crippen molar-refractivity contribution in [2.45, 2.75) is 6.18 Å². The molecule has 0 amide bonds. The summed E-state index contributed by atoms with van der Waals surface area (Å²) < 4.78 is 41.0. The van der Waals surface area contributed by atoms with Crippen LogP contribution in [-0.2, 0) is 0 Å². The predicted octanol–water partition coefficient (Wildman–Crippen LogP) is 2.87. The summed E-state index contributed by atoms with van der Waals surface area (Å²) in [7, 11) is 0. The monoisotopic (exact) mass is 271 g/mol. The lowest BCUT2D eigenvalue weighted by Crippen LogP contribution is -2.20. The summed E-state index contributed by atoms with van der Waals surface area (Å²) in [5.41, 5.74) is -0.365. The fraction of sp³-hybridized carbons (Fsp3) is 0.167. The molecule has 1 N–H and O–H groups in total. The number of benzene rings is 1. The number of fused-ring (bicyclic) bond motifs is 1. The first kappa shape index (κ1) is 13.1. The van der Waals surface area contributed by atoms with Crippen LogP contribution in [0, 0.1) is 0 Å². The maximum absolute atomic E-state index is 12.1. The molecule has 0 bridgehead atoms. The number of ether oxygens (including phenoxy) is 1. The van der Waals surface area contributed by atoms with Gasteiger partial charge in [0.2, 0.25) is 5.88 Å². The molecular weight excluding hydrogens is 263 g/mol. The summed E-state index contributed by atoms with van der Waals surface area (Å²) in [6.45, 7) is -1.52. The zero-order chi connectivity index (χ0) is 14.0. The van der Waals surface area contributed by atoms with E-state index in [1.54, 1.807) is 18.2 Å². The van der Waals surface area contributed by atoms with Crippen LogP contribution in [-0.4, -0.2) is 28.8 Å². The molecule has 0 aliphatic heterocycles. The average molecular weight is 271 g/mol. The molecule has 100 valence electrons. The largest absolute Gasteiger partial charge is 0.477 e. The molecule has 7 heteroatoms. The molecule has 0 aliphatic carbocycles. The van der Waals surface area contributed by atoms with Crippen LogP contribution in [0.1, 0.15) is 10.5 Å². The number of carboxylic acids is 1. The molecule has 0 saturated heterocycles. The van der Waals surface area contributed by atoms with Crippen molar-refractivity contribution < 1.29 is 27.8 Å². The molecule has 19 heavy (non-hydrogen) atoms. The van der Waals surface area contributed by atoms with Gasteiger partial charge in [-0.1, -0.05) is 18.2 Å². The number of alkyl halides is 3. The Hall–Kier alpha value is -2.31. The second-order valence-corrected chi connectivity index (χ2v) is 3.74. The van der Waals surface area contributed by atoms with E-state index in [9.17, 15) is 18.0 Å². The molecular formula is C12H8F3NO3. The molecule has 0 atom stereocenters. The standard InChI is InChI=1S/C12H8F3NO3/c13-12(14,15)6-19-10-8-4-2-1-3-7(8)5-9(16-10)11(17)18/h1-5H,6H2,(H,17,18). The Morgan fingerprint density at radius 2 is 2.00 bits per heavy atom. The van der Waals surface area contributed by atoms with E-state index in [1.165, 1.54) is 12.1 Å². The molecule has 0 unspecified atom stereocenters. The number of halogens is 3. The van der Waals surface area contributed by atoms with Crippen LogP contribution in [0.5, 0.6) is 5.88 Å². The van der Waals surface area contributed by atoms with Gasteiger partial charge in [-0.25, -0.2) is 9.78 Å². The number of rotatable bonds is 3. The Kier molecular flexibility index (Phi) is 3.28. The van der Waals surface area contributed by atoms with Crippen molar-refractivity contribution >= 4 is 16.7 Å². The van der Waals surface area contributed by atoms with Gasteiger partial charge in [-0.05, 0) is 17.5 Å². The van der Waals surface area contributed by atoms with Crippen LogP contribution in [0.2, 0.25) is 0 Å². The fourth-order valence-corrected chi connectivity index (χ4v) is 1.54. The molecule has 0 saturated carbocycles. The summed E-state index contributed by atoms with van der Waals surface area (Å²) in [6.07, 6.45) is -4.51. The molecule has 1 aromatic heterocycles. The Morgan fingerprint density at radius 3 is 2.63 bits per heavy atom. The van der Waals surface area contributed by atoms with Gasteiger partial charge in [0.1, 0.15) is 0 Å². The Labute approximate surface area is 105 Å². The third kappa shape index (κ3) is 3.12. The SMILES string of the molecule is O=C(O)c1cc2ccccc2c(OCC(F)(F)F)n1. The van der Waals surface area contributed by atoms with Gasteiger partial charge in [-0.3, -0.25) is 0 Å². The number of nitrogens with zero attached hydrogens (tertiary/aromatic N) is 1. The van der Waals surface area contributed by atoms with Crippen LogP contribution in [0.4, 0.5) is 13.2 Å². The van der Waals surface area contributed by atoms with Crippen molar-refractivity contribution in [3.05, 3.63) is 36.0 Å². The molecule has 1 heterocycles. The molecule has 1 aromatic carbocycles. The van der Waals surface area contributed by atoms with E-state index >= 15 is 0 Å². The topological polar surface area (TPSA) is 59.4 Å². The van der Waals surface area contributed by atoms with Gasteiger partial charge >= 0.3 is 12.1 Å². The average Bonchev–Trinajstić information content (AvgIpc) is 2.34. The Morgan fingerprint density at radius 1 is 1.32 bits per heavy atom. The van der Waals surface area contributed by atoms with E-state index < -0.39 is 18.8 Å². The van der Waals surface area contributed by atoms with Gasteiger partial charge in [0.05, 0.1) is 0 Å². The van der Waals surface area contributed by atoms with E-state index in [0.29, 0.717) is 10.8 Å². The molecule has 0 aliphatic rings. The van der Waals surface area contributed by atoms with Crippen molar-refractivity contribution in [3.8, 4) is 5.88 Å².